The summed E-state index contributed by atoms with van der Waals surface area (Å²) < 4.78 is 22.7. The van der Waals surface area contributed by atoms with Crippen LogP contribution in [0.1, 0.15) is 12.5 Å². The van der Waals surface area contributed by atoms with Gasteiger partial charge in [0.2, 0.25) is 0 Å². The second kappa shape index (κ2) is 5.12. The summed E-state index contributed by atoms with van der Waals surface area (Å²) in [5.74, 6) is -1.06. The first-order valence-corrected chi connectivity index (χ1v) is 4.52. The van der Waals surface area contributed by atoms with Crippen LogP contribution in [-0.4, -0.2) is 19.2 Å². The van der Waals surface area contributed by atoms with Crippen LogP contribution in [0.25, 0.3) is 0 Å². The summed E-state index contributed by atoms with van der Waals surface area (Å²) in [6, 6.07) is 5.45. The predicted octanol–water partition coefficient (Wildman–Crippen LogP) is 1.64. The SMILES string of the molecule is COC(=O)C(C)Oc1ccc(C#N)c(F)c1. The zero-order chi connectivity index (χ0) is 12.1. The Labute approximate surface area is 92.2 Å². The first-order valence-electron chi connectivity index (χ1n) is 4.52. The normalized spacial score (nSPS) is 11.4. The fourth-order valence-corrected chi connectivity index (χ4v) is 1.08. The average molecular weight is 223 g/mol. The zero-order valence-electron chi connectivity index (χ0n) is 8.86. The lowest BCUT2D eigenvalue weighted by molar-refractivity contribution is -0.147. The highest BCUT2D eigenvalue weighted by Crippen LogP contribution is 2.17. The van der Waals surface area contributed by atoms with Gasteiger partial charge in [0.1, 0.15) is 17.6 Å². The van der Waals surface area contributed by atoms with E-state index < -0.39 is 17.9 Å². The topological polar surface area (TPSA) is 59.3 Å². The molecule has 0 aliphatic carbocycles. The summed E-state index contributed by atoms with van der Waals surface area (Å²) in [4.78, 5) is 11.0. The predicted molar refractivity (Wildman–Crippen MR) is 53.2 cm³/mol. The van der Waals surface area contributed by atoms with Crippen molar-refractivity contribution in [3.05, 3.63) is 29.6 Å². The number of methoxy groups -OCH3 is 1. The number of hydrogen-bond acceptors (Lipinski definition) is 4. The average Bonchev–Trinajstić information content (AvgIpc) is 2.28. The van der Waals surface area contributed by atoms with E-state index in [9.17, 15) is 9.18 Å². The Hall–Kier alpha value is -2.09. The first kappa shape index (κ1) is 12.0. The molecule has 0 fully saturated rings. The van der Waals surface area contributed by atoms with Gasteiger partial charge in [-0.25, -0.2) is 9.18 Å². The quantitative estimate of drug-likeness (QED) is 0.731. The molecule has 1 rings (SSSR count). The van der Waals surface area contributed by atoms with Gasteiger partial charge in [-0.05, 0) is 19.1 Å². The third-order valence-corrected chi connectivity index (χ3v) is 1.91. The number of nitriles is 1. The van der Waals surface area contributed by atoms with Crippen molar-refractivity contribution >= 4 is 5.97 Å². The Morgan fingerprint density at radius 2 is 2.25 bits per heavy atom. The lowest BCUT2D eigenvalue weighted by atomic mass is 10.2. The third kappa shape index (κ3) is 2.70. The van der Waals surface area contributed by atoms with E-state index in [1.807, 2.05) is 0 Å². The smallest absolute Gasteiger partial charge is 0.346 e. The van der Waals surface area contributed by atoms with E-state index in [1.54, 1.807) is 6.07 Å². The minimum Gasteiger partial charge on any atom is -0.479 e. The van der Waals surface area contributed by atoms with Crippen molar-refractivity contribution in [2.24, 2.45) is 0 Å². The maximum Gasteiger partial charge on any atom is 0.346 e. The minimum atomic E-state index is -0.822. The second-order valence-electron chi connectivity index (χ2n) is 3.04. The molecular formula is C11H10FNO3. The third-order valence-electron chi connectivity index (χ3n) is 1.91. The van der Waals surface area contributed by atoms with Crippen LogP contribution in [0.5, 0.6) is 5.75 Å². The van der Waals surface area contributed by atoms with Gasteiger partial charge >= 0.3 is 5.97 Å². The molecular weight excluding hydrogens is 213 g/mol. The molecule has 1 atom stereocenters. The number of hydrogen-bond donors (Lipinski definition) is 0. The molecule has 1 aromatic rings. The fourth-order valence-electron chi connectivity index (χ4n) is 1.08. The van der Waals surface area contributed by atoms with E-state index in [-0.39, 0.29) is 11.3 Å². The van der Waals surface area contributed by atoms with Gasteiger partial charge in [-0.2, -0.15) is 5.26 Å². The first-order chi connectivity index (χ1) is 7.58. The number of esters is 1. The summed E-state index contributed by atoms with van der Waals surface area (Å²) in [6.45, 7) is 1.49. The molecule has 0 N–H and O–H groups in total. The maximum absolute atomic E-state index is 13.2. The fraction of sp³-hybridized carbons (Fsp3) is 0.273. The molecule has 0 aliphatic heterocycles. The van der Waals surface area contributed by atoms with Crippen LogP contribution in [0, 0.1) is 17.1 Å². The highest BCUT2D eigenvalue weighted by molar-refractivity contribution is 5.74. The van der Waals surface area contributed by atoms with Gasteiger partial charge in [-0.3, -0.25) is 0 Å². The lowest BCUT2D eigenvalue weighted by Crippen LogP contribution is -2.24. The van der Waals surface area contributed by atoms with Gasteiger partial charge in [0.15, 0.2) is 6.10 Å². The maximum atomic E-state index is 13.2. The molecule has 0 amide bonds. The van der Waals surface area contributed by atoms with Crippen LogP contribution in [0.3, 0.4) is 0 Å². The number of benzene rings is 1. The molecule has 0 spiro atoms. The van der Waals surface area contributed by atoms with Crippen molar-refractivity contribution in [2.75, 3.05) is 7.11 Å². The van der Waals surface area contributed by atoms with Crippen LogP contribution >= 0.6 is 0 Å². The van der Waals surface area contributed by atoms with Crippen LogP contribution in [0.2, 0.25) is 0 Å². The van der Waals surface area contributed by atoms with Crippen LogP contribution in [0.4, 0.5) is 4.39 Å². The van der Waals surface area contributed by atoms with E-state index in [1.165, 1.54) is 26.2 Å². The van der Waals surface area contributed by atoms with Crippen molar-refractivity contribution in [1.82, 2.24) is 0 Å². The summed E-state index contributed by atoms with van der Waals surface area (Å²) in [6.07, 6.45) is -0.822. The summed E-state index contributed by atoms with van der Waals surface area (Å²) in [7, 11) is 1.24. The van der Waals surface area contributed by atoms with E-state index in [2.05, 4.69) is 4.74 Å². The number of ether oxygens (including phenoxy) is 2. The number of carbonyl (C=O) groups is 1. The van der Waals surface area contributed by atoms with Crippen molar-refractivity contribution in [3.8, 4) is 11.8 Å². The van der Waals surface area contributed by atoms with Crippen molar-refractivity contribution in [1.29, 1.82) is 5.26 Å². The molecule has 0 aliphatic rings. The summed E-state index contributed by atoms with van der Waals surface area (Å²) in [5, 5.41) is 8.51. The molecule has 1 unspecified atom stereocenters. The summed E-state index contributed by atoms with van der Waals surface area (Å²) in [5.41, 5.74) is -0.0712. The molecule has 0 saturated carbocycles. The van der Waals surface area contributed by atoms with E-state index in [4.69, 9.17) is 10.00 Å². The molecule has 0 bridgehead atoms. The molecule has 16 heavy (non-hydrogen) atoms. The highest BCUT2D eigenvalue weighted by Gasteiger charge is 2.15. The molecule has 0 radical (unpaired) electrons. The zero-order valence-corrected chi connectivity index (χ0v) is 8.86. The Morgan fingerprint density at radius 1 is 1.56 bits per heavy atom. The minimum absolute atomic E-state index is 0.0712. The van der Waals surface area contributed by atoms with Gasteiger partial charge in [0.05, 0.1) is 12.7 Å². The lowest BCUT2D eigenvalue weighted by Gasteiger charge is -2.12. The van der Waals surface area contributed by atoms with Gasteiger partial charge in [-0.1, -0.05) is 0 Å². The Morgan fingerprint density at radius 3 is 2.75 bits per heavy atom. The number of carbonyl (C=O) groups excluding carboxylic acids is 1. The largest absolute Gasteiger partial charge is 0.479 e. The van der Waals surface area contributed by atoms with E-state index in [0.29, 0.717) is 0 Å². The van der Waals surface area contributed by atoms with Gasteiger partial charge < -0.3 is 9.47 Å². The number of rotatable bonds is 3. The van der Waals surface area contributed by atoms with E-state index >= 15 is 0 Å². The summed E-state index contributed by atoms with van der Waals surface area (Å²) >= 11 is 0. The van der Waals surface area contributed by atoms with Crippen molar-refractivity contribution in [2.45, 2.75) is 13.0 Å². The number of nitrogens with zero attached hydrogens (tertiary/aromatic N) is 1. The Balaban J connectivity index is 2.80. The molecule has 0 heterocycles. The van der Waals surface area contributed by atoms with E-state index in [0.717, 1.165) is 6.07 Å². The molecule has 0 saturated heterocycles. The van der Waals surface area contributed by atoms with Crippen molar-refractivity contribution in [3.63, 3.8) is 0 Å². The van der Waals surface area contributed by atoms with Gasteiger partial charge in [0, 0.05) is 6.07 Å². The van der Waals surface area contributed by atoms with Crippen LogP contribution in [-0.2, 0) is 9.53 Å². The van der Waals surface area contributed by atoms with Gasteiger partial charge in [0.25, 0.3) is 0 Å². The standard InChI is InChI=1S/C11H10FNO3/c1-7(11(14)15-2)16-9-4-3-8(6-13)10(12)5-9/h3-5,7H,1-2H3. The Kier molecular flexibility index (Phi) is 3.84. The second-order valence-corrected chi connectivity index (χ2v) is 3.04. The van der Waals surface area contributed by atoms with Crippen molar-refractivity contribution < 1.29 is 18.7 Å². The molecule has 84 valence electrons. The highest BCUT2D eigenvalue weighted by atomic mass is 19.1. The van der Waals surface area contributed by atoms with Gasteiger partial charge in [-0.15, -0.1) is 0 Å². The van der Waals surface area contributed by atoms with Crippen LogP contribution < -0.4 is 4.74 Å². The molecule has 5 heteroatoms. The Bertz CT molecular complexity index is 439. The molecule has 0 aromatic heterocycles. The van der Waals surface area contributed by atoms with Crippen LogP contribution in [0.15, 0.2) is 18.2 Å². The number of halogens is 1. The monoisotopic (exact) mass is 223 g/mol. The molecule has 1 aromatic carbocycles. The molecule has 4 nitrogen and oxygen atoms in total.